The number of amides is 2. The molecule has 4 atom stereocenters. The highest BCUT2D eigenvalue weighted by atomic mass is 32.2. The quantitative estimate of drug-likeness (QED) is 0.296. The van der Waals surface area contributed by atoms with E-state index in [-0.39, 0.29) is 17.4 Å². The van der Waals surface area contributed by atoms with E-state index in [0.717, 1.165) is 37.1 Å². The number of halogens is 4. The summed E-state index contributed by atoms with van der Waals surface area (Å²) in [6.45, 7) is 1.54. The van der Waals surface area contributed by atoms with Gasteiger partial charge in [-0.1, -0.05) is 37.3 Å². The first-order valence-corrected chi connectivity index (χ1v) is 13.6. The standard InChI is InChI=1S/C25H29F4N3O5S/c1-2-19(21(33)24(35)30-17-12-13-17)32-23(34)20(14-38(36,37)18-6-4-3-5-7-18)31-22(25(27,28)29)15-8-10-16(26)11-9-15/h3-11,17,19-22,31,33H,2,12-14H2,1H3,(H,30,35)(H,32,34)/t19-,20-,21?,22-/m0/s1. The minimum Gasteiger partial charge on any atom is -0.381 e. The molecule has 208 valence electrons. The molecular formula is C25H29F4N3O5S. The second kappa shape index (κ2) is 12.2. The highest BCUT2D eigenvalue weighted by Crippen LogP contribution is 2.33. The van der Waals surface area contributed by atoms with Gasteiger partial charge in [0, 0.05) is 6.04 Å². The number of sulfone groups is 1. The van der Waals surface area contributed by atoms with Crippen molar-refractivity contribution in [1.82, 2.24) is 16.0 Å². The van der Waals surface area contributed by atoms with Crippen LogP contribution in [-0.2, 0) is 19.4 Å². The molecule has 13 heteroatoms. The van der Waals surface area contributed by atoms with E-state index >= 15 is 0 Å². The summed E-state index contributed by atoms with van der Waals surface area (Å²) >= 11 is 0. The summed E-state index contributed by atoms with van der Waals surface area (Å²) in [6, 6.07) is 4.51. The summed E-state index contributed by atoms with van der Waals surface area (Å²) in [6.07, 6.45) is -5.17. The number of aliphatic hydroxyl groups excluding tert-OH is 1. The summed E-state index contributed by atoms with van der Waals surface area (Å²) < 4.78 is 81.5. The molecule has 1 fully saturated rings. The number of alkyl halides is 3. The van der Waals surface area contributed by atoms with Crippen LogP contribution >= 0.6 is 0 Å². The minimum atomic E-state index is -4.99. The van der Waals surface area contributed by atoms with E-state index in [1.807, 2.05) is 0 Å². The van der Waals surface area contributed by atoms with Crippen molar-refractivity contribution in [2.24, 2.45) is 0 Å². The Morgan fingerprint density at radius 3 is 2.16 bits per heavy atom. The lowest BCUT2D eigenvalue weighted by Gasteiger charge is -2.29. The molecule has 0 bridgehead atoms. The monoisotopic (exact) mass is 559 g/mol. The number of aliphatic hydroxyl groups is 1. The maximum absolute atomic E-state index is 14.0. The second-order valence-electron chi connectivity index (χ2n) is 9.09. The van der Waals surface area contributed by atoms with E-state index in [2.05, 4.69) is 16.0 Å². The van der Waals surface area contributed by atoms with Crippen molar-refractivity contribution < 1.29 is 40.7 Å². The van der Waals surface area contributed by atoms with E-state index in [0.29, 0.717) is 0 Å². The normalized spacial score (nSPS) is 17.2. The maximum atomic E-state index is 14.0. The molecule has 8 nitrogen and oxygen atoms in total. The van der Waals surface area contributed by atoms with Crippen molar-refractivity contribution in [3.8, 4) is 0 Å². The first kappa shape index (κ1) is 29.5. The SMILES string of the molecule is CC[C@H](NC(=O)[C@H](CS(=O)(=O)c1ccccc1)N[C@@H](c1ccc(F)cc1)C(F)(F)F)C(O)C(=O)NC1CC1. The number of nitrogens with one attached hydrogen (secondary N) is 3. The van der Waals surface area contributed by atoms with Gasteiger partial charge in [0.2, 0.25) is 5.91 Å². The topological polar surface area (TPSA) is 125 Å². The molecule has 1 aliphatic rings. The molecule has 3 rings (SSSR count). The maximum Gasteiger partial charge on any atom is 0.407 e. The summed E-state index contributed by atoms with van der Waals surface area (Å²) in [4.78, 5) is 25.3. The van der Waals surface area contributed by atoms with Crippen LogP contribution in [0.15, 0.2) is 59.5 Å². The minimum absolute atomic E-state index is 0.0316. The fraction of sp³-hybridized carbons (Fsp3) is 0.440. The van der Waals surface area contributed by atoms with Crippen molar-refractivity contribution in [3.63, 3.8) is 0 Å². The Balaban J connectivity index is 1.90. The fourth-order valence-electron chi connectivity index (χ4n) is 3.76. The number of hydrogen-bond donors (Lipinski definition) is 4. The van der Waals surface area contributed by atoms with Gasteiger partial charge in [-0.05, 0) is 49.1 Å². The van der Waals surface area contributed by atoms with Crippen molar-refractivity contribution >= 4 is 21.7 Å². The first-order valence-electron chi connectivity index (χ1n) is 12.0. The Bertz CT molecular complexity index is 1210. The zero-order valence-corrected chi connectivity index (χ0v) is 21.2. The van der Waals surface area contributed by atoms with Gasteiger partial charge in [0.1, 0.15) is 17.9 Å². The Morgan fingerprint density at radius 2 is 1.63 bits per heavy atom. The Hall–Kier alpha value is -3.03. The summed E-state index contributed by atoms with van der Waals surface area (Å²) in [7, 11) is -4.26. The lowest BCUT2D eigenvalue weighted by atomic mass is 10.0. The molecule has 0 spiro atoms. The van der Waals surface area contributed by atoms with Gasteiger partial charge in [0.05, 0.1) is 16.7 Å². The average Bonchev–Trinajstić information content (AvgIpc) is 3.69. The number of hydrogen-bond acceptors (Lipinski definition) is 6. The summed E-state index contributed by atoms with van der Waals surface area (Å²) in [5.41, 5.74) is -0.440. The van der Waals surface area contributed by atoms with E-state index in [4.69, 9.17) is 0 Å². The predicted octanol–water partition coefficient (Wildman–Crippen LogP) is 2.40. The van der Waals surface area contributed by atoms with Crippen LogP contribution in [0, 0.1) is 5.82 Å². The molecule has 4 N–H and O–H groups in total. The Labute approximate surface area is 217 Å². The van der Waals surface area contributed by atoms with Gasteiger partial charge < -0.3 is 15.7 Å². The van der Waals surface area contributed by atoms with Crippen LogP contribution in [0.2, 0.25) is 0 Å². The van der Waals surface area contributed by atoms with Crippen molar-refractivity contribution in [2.45, 2.75) is 67.5 Å². The zero-order valence-electron chi connectivity index (χ0n) is 20.4. The van der Waals surface area contributed by atoms with E-state index in [1.165, 1.54) is 24.3 Å². The molecular weight excluding hydrogens is 530 g/mol. The lowest BCUT2D eigenvalue weighted by Crippen LogP contribution is -2.57. The van der Waals surface area contributed by atoms with Gasteiger partial charge >= 0.3 is 6.18 Å². The van der Waals surface area contributed by atoms with Crippen LogP contribution in [0.25, 0.3) is 0 Å². The van der Waals surface area contributed by atoms with Crippen molar-refractivity contribution in [1.29, 1.82) is 0 Å². The fourth-order valence-corrected chi connectivity index (χ4v) is 5.21. The molecule has 0 radical (unpaired) electrons. The lowest BCUT2D eigenvalue weighted by molar-refractivity contribution is -0.160. The zero-order chi connectivity index (χ0) is 28.1. The molecule has 0 aromatic heterocycles. The van der Waals surface area contributed by atoms with Crippen molar-refractivity contribution in [3.05, 3.63) is 66.0 Å². The third-order valence-corrected chi connectivity index (χ3v) is 7.81. The van der Waals surface area contributed by atoms with Gasteiger partial charge in [-0.2, -0.15) is 13.2 Å². The van der Waals surface area contributed by atoms with Gasteiger partial charge in [0.15, 0.2) is 15.9 Å². The van der Waals surface area contributed by atoms with E-state index in [9.17, 15) is 40.7 Å². The summed E-state index contributed by atoms with van der Waals surface area (Å²) in [5.74, 6) is -3.75. The molecule has 0 saturated heterocycles. The van der Waals surface area contributed by atoms with E-state index < -0.39 is 69.2 Å². The molecule has 0 aliphatic heterocycles. The molecule has 2 amide bonds. The van der Waals surface area contributed by atoms with Crippen LogP contribution in [-0.4, -0.2) is 61.5 Å². The highest BCUT2D eigenvalue weighted by Gasteiger charge is 2.44. The number of rotatable bonds is 12. The van der Waals surface area contributed by atoms with Crippen molar-refractivity contribution in [2.75, 3.05) is 5.75 Å². The number of carbonyl (C=O) groups excluding carboxylic acids is 2. The van der Waals surface area contributed by atoms with Gasteiger partial charge in [0.25, 0.3) is 5.91 Å². The largest absolute Gasteiger partial charge is 0.407 e. The first-order chi connectivity index (χ1) is 17.8. The van der Waals surface area contributed by atoms with Gasteiger partial charge in [-0.15, -0.1) is 0 Å². The number of benzene rings is 2. The summed E-state index contributed by atoms with van der Waals surface area (Å²) in [5, 5.41) is 17.4. The molecule has 1 saturated carbocycles. The molecule has 0 heterocycles. The van der Waals surface area contributed by atoms with Crippen LogP contribution in [0.4, 0.5) is 17.6 Å². The molecule has 38 heavy (non-hydrogen) atoms. The van der Waals surface area contributed by atoms with Crippen LogP contribution < -0.4 is 16.0 Å². The van der Waals surface area contributed by atoms with Gasteiger partial charge in [-0.25, -0.2) is 12.8 Å². The van der Waals surface area contributed by atoms with Crippen LogP contribution in [0.5, 0.6) is 0 Å². The smallest absolute Gasteiger partial charge is 0.381 e. The molecule has 2 aromatic carbocycles. The number of carbonyl (C=O) groups is 2. The average molecular weight is 560 g/mol. The Kier molecular flexibility index (Phi) is 9.49. The van der Waals surface area contributed by atoms with Crippen LogP contribution in [0.3, 0.4) is 0 Å². The predicted molar refractivity (Wildman–Crippen MR) is 130 cm³/mol. The third kappa shape index (κ3) is 7.98. The molecule has 2 aromatic rings. The second-order valence-corrected chi connectivity index (χ2v) is 11.1. The van der Waals surface area contributed by atoms with Gasteiger partial charge in [-0.3, -0.25) is 14.9 Å². The van der Waals surface area contributed by atoms with E-state index in [1.54, 1.807) is 13.0 Å². The highest BCUT2D eigenvalue weighted by molar-refractivity contribution is 7.91. The Morgan fingerprint density at radius 1 is 1.03 bits per heavy atom. The van der Waals surface area contributed by atoms with Crippen LogP contribution in [0.1, 0.15) is 37.8 Å². The molecule has 1 unspecified atom stereocenters. The molecule has 1 aliphatic carbocycles. The third-order valence-electron chi connectivity index (χ3n) is 6.04.